The van der Waals surface area contributed by atoms with Gasteiger partial charge in [-0.05, 0) is 44.9 Å². The van der Waals surface area contributed by atoms with Crippen LogP contribution in [0.25, 0.3) is 0 Å². The summed E-state index contributed by atoms with van der Waals surface area (Å²) >= 11 is 0. The molecule has 0 spiro atoms. The van der Waals surface area contributed by atoms with Crippen molar-refractivity contribution in [2.75, 3.05) is 13.2 Å². The van der Waals surface area contributed by atoms with Crippen molar-refractivity contribution in [2.24, 2.45) is 0 Å². The van der Waals surface area contributed by atoms with Crippen molar-refractivity contribution in [3.63, 3.8) is 0 Å². The number of rotatable bonds is 37. The van der Waals surface area contributed by atoms with E-state index >= 15 is 0 Å². The van der Waals surface area contributed by atoms with E-state index in [0.717, 1.165) is 51.4 Å². The van der Waals surface area contributed by atoms with Gasteiger partial charge in [0.2, 0.25) is 0 Å². The first-order valence-electron chi connectivity index (χ1n) is 21.8. The Morgan fingerprint density at radius 1 is 0.418 bits per heavy atom. The summed E-state index contributed by atoms with van der Waals surface area (Å²) in [5.74, 6) is -1.15. The quantitative estimate of drug-likeness (QED) is 0.0206. The summed E-state index contributed by atoms with van der Waals surface area (Å²) in [6.07, 6.45) is 55.8. The van der Waals surface area contributed by atoms with Crippen LogP contribution in [0.4, 0.5) is 0 Å². The average Bonchev–Trinajstić information content (AvgIpc) is 3.18. The molecule has 0 rings (SSSR count). The Kier molecular flexibility index (Phi) is 40.2. The van der Waals surface area contributed by atoms with Crippen molar-refractivity contribution in [3.8, 4) is 0 Å². The number of hydrogen-bond donors (Lipinski definition) is 0. The lowest BCUT2D eigenvalue weighted by molar-refractivity contribution is -0.166. The topological polar surface area (TPSA) is 78.9 Å². The molecule has 0 saturated heterocycles. The number of ether oxygens (including phenoxy) is 3. The van der Waals surface area contributed by atoms with Gasteiger partial charge in [-0.3, -0.25) is 14.4 Å². The van der Waals surface area contributed by atoms with Crippen molar-refractivity contribution in [1.29, 1.82) is 0 Å². The van der Waals surface area contributed by atoms with Crippen molar-refractivity contribution >= 4 is 17.9 Å². The predicted octanol–water partition coefficient (Wildman–Crippen LogP) is 13.9. The minimum atomic E-state index is -0.846. The van der Waals surface area contributed by atoms with Crippen LogP contribution < -0.4 is 0 Å². The molecular weight excluding hydrogens is 685 g/mol. The zero-order valence-corrected chi connectivity index (χ0v) is 35.1. The number of esters is 3. The summed E-state index contributed by atoms with van der Waals surface area (Å²) in [5.41, 5.74) is 0. The maximum absolute atomic E-state index is 12.6. The summed E-state index contributed by atoms with van der Waals surface area (Å²) < 4.78 is 16.5. The second kappa shape index (κ2) is 43.1. The number of carbonyl (C=O) groups is 3. The fourth-order valence-electron chi connectivity index (χ4n) is 5.53. The lowest BCUT2D eigenvalue weighted by Gasteiger charge is -2.18. The number of unbranched alkanes of at least 4 members (excludes halogenated alkanes) is 15. The van der Waals surface area contributed by atoms with Gasteiger partial charge < -0.3 is 14.2 Å². The van der Waals surface area contributed by atoms with Gasteiger partial charge in [-0.25, -0.2) is 0 Å². The third-order valence-corrected chi connectivity index (χ3v) is 8.74. The molecule has 0 N–H and O–H groups in total. The van der Waals surface area contributed by atoms with Gasteiger partial charge in [0.25, 0.3) is 0 Å². The molecule has 0 aliphatic carbocycles. The highest BCUT2D eigenvalue weighted by molar-refractivity contribution is 5.72. The molecule has 6 nitrogen and oxygen atoms in total. The van der Waals surface area contributed by atoms with Gasteiger partial charge in [0.15, 0.2) is 6.10 Å². The van der Waals surface area contributed by atoms with Gasteiger partial charge in [0, 0.05) is 12.8 Å². The van der Waals surface area contributed by atoms with E-state index in [1.54, 1.807) is 6.08 Å². The van der Waals surface area contributed by atoms with Crippen molar-refractivity contribution in [1.82, 2.24) is 0 Å². The molecule has 0 radical (unpaired) electrons. The lowest BCUT2D eigenvalue weighted by Crippen LogP contribution is -2.30. The van der Waals surface area contributed by atoms with Gasteiger partial charge in [-0.15, -0.1) is 0 Å². The van der Waals surface area contributed by atoms with Crippen LogP contribution in [0.2, 0.25) is 0 Å². The molecule has 1 unspecified atom stereocenters. The lowest BCUT2D eigenvalue weighted by atomic mass is 10.0. The van der Waals surface area contributed by atoms with E-state index in [1.165, 1.54) is 77.0 Å². The average molecular weight is 763 g/mol. The fourth-order valence-corrected chi connectivity index (χ4v) is 5.53. The zero-order chi connectivity index (χ0) is 40.1. The highest BCUT2D eigenvalue weighted by Crippen LogP contribution is 2.14. The van der Waals surface area contributed by atoms with Crippen LogP contribution >= 0.6 is 0 Å². The Balaban J connectivity index is 4.53. The molecule has 0 saturated carbocycles. The van der Waals surface area contributed by atoms with E-state index in [9.17, 15) is 14.4 Å². The molecule has 0 aliphatic rings. The maximum Gasteiger partial charge on any atom is 0.309 e. The van der Waals surface area contributed by atoms with E-state index < -0.39 is 18.0 Å². The summed E-state index contributed by atoms with van der Waals surface area (Å²) in [6, 6.07) is 0. The Labute approximate surface area is 337 Å². The molecule has 0 fully saturated rings. The fraction of sp³-hybridized carbons (Fsp3) is 0.612. The third kappa shape index (κ3) is 41.3. The molecule has 0 aromatic rings. The smallest absolute Gasteiger partial charge is 0.309 e. The van der Waals surface area contributed by atoms with Crippen molar-refractivity contribution in [3.05, 3.63) is 97.2 Å². The largest absolute Gasteiger partial charge is 0.462 e. The van der Waals surface area contributed by atoms with Crippen molar-refractivity contribution in [2.45, 2.75) is 181 Å². The zero-order valence-electron chi connectivity index (χ0n) is 35.1. The molecule has 0 heterocycles. The highest BCUT2D eigenvalue weighted by Gasteiger charge is 2.19. The predicted molar refractivity (Wildman–Crippen MR) is 233 cm³/mol. The first-order chi connectivity index (χ1) is 27.0. The van der Waals surface area contributed by atoms with Crippen LogP contribution in [0.15, 0.2) is 97.2 Å². The van der Waals surface area contributed by atoms with Gasteiger partial charge in [-0.2, -0.15) is 0 Å². The number of hydrogen-bond acceptors (Lipinski definition) is 6. The Morgan fingerprint density at radius 2 is 0.855 bits per heavy atom. The number of allylic oxidation sites excluding steroid dienone is 15. The van der Waals surface area contributed by atoms with Crippen LogP contribution in [0, 0.1) is 0 Å². The molecule has 1 atom stereocenters. The summed E-state index contributed by atoms with van der Waals surface area (Å²) in [4.78, 5) is 37.5. The molecule has 0 amide bonds. The van der Waals surface area contributed by atoms with E-state index in [4.69, 9.17) is 14.2 Å². The SMILES string of the molecule is CC\C=C/C=C\C=C/C=C\C=C/CCCC(=O)OC(COC(=O)C/C=C\C/C=C\C/C=C\CC)COC(=O)CCCCCCCCCCCCCCCCC. The molecule has 0 aromatic heterocycles. The number of carbonyl (C=O) groups excluding carboxylic acids is 3. The van der Waals surface area contributed by atoms with E-state index in [0.29, 0.717) is 12.8 Å². The van der Waals surface area contributed by atoms with Gasteiger partial charge in [0.05, 0.1) is 6.42 Å². The van der Waals surface area contributed by atoms with Crippen LogP contribution in [0.5, 0.6) is 0 Å². The minimum Gasteiger partial charge on any atom is -0.462 e. The van der Waals surface area contributed by atoms with E-state index in [-0.39, 0.29) is 32.0 Å². The standard InChI is InChI=1S/C49H78O6/c1-4-7-10-13-16-19-21-23-24-26-27-30-33-36-39-42-48(51)54-45-46(44-53-47(50)41-38-35-32-29-18-15-12-9-6-3)55-49(52)43-40-37-34-31-28-25-22-20-17-14-11-8-5-2/h8-9,11-12,14,17-18,20,22,25,28-29,31,34-35,38,46H,4-7,10,13,15-16,19,21,23-24,26-27,30,32-33,36-37,39-45H2,1-3H3/b11-8-,12-9-,17-14-,22-20-,28-25-,29-18-,34-31-,38-35-. The first kappa shape index (κ1) is 51.3. The molecule has 0 bridgehead atoms. The van der Waals surface area contributed by atoms with E-state index in [1.807, 2.05) is 60.8 Å². The maximum atomic E-state index is 12.6. The minimum absolute atomic E-state index is 0.118. The van der Waals surface area contributed by atoms with Gasteiger partial charge >= 0.3 is 17.9 Å². The second-order valence-corrected chi connectivity index (χ2v) is 14.0. The first-order valence-corrected chi connectivity index (χ1v) is 21.8. The highest BCUT2D eigenvalue weighted by atomic mass is 16.6. The summed E-state index contributed by atoms with van der Waals surface area (Å²) in [5, 5.41) is 0. The van der Waals surface area contributed by atoms with Crippen LogP contribution in [-0.2, 0) is 28.6 Å². The van der Waals surface area contributed by atoms with Crippen LogP contribution in [0.3, 0.4) is 0 Å². The second-order valence-electron chi connectivity index (χ2n) is 14.0. The van der Waals surface area contributed by atoms with E-state index in [2.05, 4.69) is 51.2 Å². The van der Waals surface area contributed by atoms with Gasteiger partial charge in [0.1, 0.15) is 13.2 Å². The Hall–Kier alpha value is -3.67. The Morgan fingerprint density at radius 3 is 1.40 bits per heavy atom. The molecule has 6 heteroatoms. The molecule has 310 valence electrons. The monoisotopic (exact) mass is 763 g/mol. The third-order valence-electron chi connectivity index (χ3n) is 8.74. The summed E-state index contributed by atoms with van der Waals surface area (Å²) in [7, 11) is 0. The molecular formula is C49H78O6. The van der Waals surface area contributed by atoms with Crippen LogP contribution in [-0.4, -0.2) is 37.2 Å². The molecule has 0 aromatic carbocycles. The molecule has 0 aliphatic heterocycles. The molecule has 55 heavy (non-hydrogen) atoms. The van der Waals surface area contributed by atoms with Crippen molar-refractivity contribution < 1.29 is 28.6 Å². The Bertz CT molecular complexity index is 1150. The van der Waals surface area contributed by atoms with Gasteiger partial charge in [-0.1, -0.05) is 208 Å². The van der Waals surface area contributed by atoms with Crippen LogP contribution in [0.1, 0.15) is 175 Å². The summed E-state index contributed by atoms with van der Waals surface area (Å²) in [6.45, 7) is 6.19. The normalized spacial score (nSPS) is 13.0.